The van der Waals surface area contributed by atoms with Crippen molar-refractivity contribution in [3.63, 3.8) is 0 Å². The maximum Gasteiger partial charge on any atom is 0.119 e. The van der Waals surface area contributed by atoms with Gasteiger partial charge in [0.2, 0.25) is 0 Å². The molecular weight excluding hydrogens is 336 g/mol. The molecule has 0 aliphatic carbocycles. The van der Waals surface area contributed by atoms with Crippen LogP contribution in [-0.4, -0.2) is 53.8 Å². The first-order chi connectivity index (χ1) is 13.2. The van der Waals surface area contributed by atoms with E-state index in [0.29, 0.717) is 12.6 Å². The van der Waals surface area contributed by atoms with E-state index in [4.69, 9.17) is 4.74 Å². The summed E-state index contributed by atoms with van der Waals surface area (Å²) in [7, 11) is 0. The summed E-state index contributed by atoms with van der Waals surface area (Å²) in [5, 5.41) is 9.54. The van der Waals surface area contributed by atoms with E-state index in [0.717, 1.165) is 44.9 Å². The van der Waals surface area contributed by atoms with Gasteiger partial charge >= 0.3 is 0 Å². The van der Waals surface area contributed by atoms with Crippen LogP contribution in [0, 0.1) is 6.92 Å². The molecule has 146 valence electrons. The van der Waals surface area contributed by atoms with Crippen molar-refractivity contribution in [2.75, 3.05) is 32.8 Å². The SMILES string of the molecule is CCOc1ccc(CN2CCN(Cc3ccc(C)cc3)C[C@H]2CCO)cc1. The fourth-order valence-corrected chi connectivity index (χ4v) is 3.78. The van der Waals surface area contributed by atoms with E-state index in [1.54, 1.807) is 0 Å². The lowest BCUT2D eigenvalue weighted by atomic mass is 10.1. The van der Waals surface area contributed by atoms with Gasteiger partial charge in [-0.15, -0.1) is 0 Å². The number of ether oxygens (including phenoxy) is 1. The van der Waals surface area contributed by atoms with E-state index >= 15 is 0 Å². The van der Waals surface area contributed by atoms with Gasteiger partial charge in [-0.1, -0.05) is 42.0 Å². The summed E-state index contributed by atoms with van der Waals surface area (Å²) in [6, 6.07) is 17.6. The molecule has 2 aromatic rings. The first-order valence-electron chi connectivity index (χ1n) is 10.0. The Morgan fingerprint density at radius 2 is 1.63 bits per heavy atom. The average molecular weight is 369 g/mol. The Morgan fingerprint density at radius 3 is 2.30 bits per heavy atom. The Bertz CT molecular complexity index is 685. The zero-order chi connectivity index (χ0) is 19.1. The Balaban J connectivity index is 1.59. The highest BCUT2D eigenvalue weighted by molar-refractivity contribution is 5.27. The Kier molecular flexibility index (Phi) is 7.27. The lowest BCUT2D eigenvalue weighted by Gasteiger charge is -2.41. The van der Waals surface area contributed by atoms with Gasteiger partial charge in [-0.25, -0.2) is 0 Å². The van der Waals surface area contributed by atoms with Crippen molar-refractivity contribution in [2.24, 2.45) is 0 Å². The number of nitrogens with zero attached hydrogens (tertiary/aromatic N) is 2. The van der Waals surface area contributed by atoms with Crippen molar-refractivity contribution in [2.45, 2.75) is 39.4 Å². The van der Waals surface area contributed by atoms with Gasteiger partial charge in [0.25, 0.3) is 0 Å². The predicted molar refractivity (Wildman–Crippen MR) is 110 cm³/mol. The van der Waals surface area contributed by atoms with Gasteiger partial charge in [0.05, 0.1) is 6.61 Å². The quantitative estimate of drug-likeness (QED) is 0.774. The minimum Gasteiger partial charge on any atom is -0.494 e. The average Bonchev–Trinajstić information content (AvgIpc) is 2.68. The monoisotopic (exact) mass is 368 g/mol. The molecule has 1 atom stereocenters. The number of piperazine rings is 1. The second kappa shape index (κ2) is 9.88. The van der Waals surface area contributed by atoms with Gasteiger partial charge in [-0.05, 0) is 43.5 Å². The van der Waals surface area contributed by atoms with Crippen LogP contribution >= 0.6 is 0 Å². The summed E-state index contributed by atoms with van der Waals surface area (Å²) in [6.07, 6.45) is 0.821. The molecule has 3 rings (SSSR count). The van der Waals surface area contributed by atoms with E-state index < -0.39 is 0 Å². The third kappa shape index (κ3) is 5.80. The van der Waals surface area contributed by atoms with Gasteiger partial charge in [-0.3, -0.25) is 9.80 Å². The zero-order valence-corrected chi connectivity index (χ0v) is 16.6. The molecule has 0 bridgehead atoms. The molecule has 1 aliphatic rings. The minimum absolute atomic E-state index is 0.239. The lowest BCUT2D eigenvalue weighted by Crippen LogP contribution is -2.52. The third-order valence-corrected chi connectivity index (χ3v) is 5.30. The van der Waals surface area contributed by atoms with Crippen molar-refractivity contribution in [3.8, 4) is 5.75 Å². The summed E-state index contributed by atoms with van der Waals surface area (Å²) in [4.78, 5) is 5.03. The van der Waals surface area contributed by atoms with E-state index in [9.17, 15) is 5.11 Å². The molecule has 4 heteroatoms. The van der Waals surface area contributed by atoms with Gasteiger partial charge in [-0.2, -0.15) is 0 Å². The first-order valence-corrected chi connectivity index (χ1v) is 10.0. The Morgan fingerprint density at radius 1 is 0.963 bits per heavy atom. The van der Waals surface area contributed by atoms with Gasteiger partial charge in [0.15, 0.2) is 0 Å². The highest BCUT2D eigenvalue weighted by Gasteiger charge is 2.26. The van der Waals surface area contributed by atoms with Gasteiger partial charge in [0.1, 0.15) is 5.75 Å². The molecule has 1 N–H and O–H groups in total. The first kappa shape index (κ1) is 19.9. The summed E-state index contributed by atoms with van der Waals surface area (Å²) < 4.78 is 5.54. The van der Waals surface area contributed by atoms with Gasteiger partial charge in [0, 0.05) is 45.4 Å². The molecular formula is C23H32N2O2. The van der Waals surface area contributed by atoms with E-state index in [1.807, 2.05) is 19.1 Å². The second-order valence-corrected chi connectivity index (χ2v) is 7.43. The molecule has 1 heterocycles. The number of aliphatic hydroxyl groups excluding tert-OH is 1. The number of aryl methyl sites for hydroxylation is 1. The number of aliphatic hydroxyl groups is 1. The maximum absolute atomic E-state index is 9.54. The van der Waals surface area contributed by atoms with Crippen LogP contribution in [0.3, 0.4) is 0 Å². The molecule has 0 unspecified atom stereocenters. The highest BCUT2D eigenvalue weighted by atomic mass is 16.5. The number of benzene rings is 2. The molecule has 2 aromatic carbocycles. The van der Waals surface area contributed by atoms with Crippen molar-refractivity contribution in [3.05, 3.63) is 65.2 Å². The van der Waals surface area contributed by atoms with Crippen molar-refractivity contribution >= 4 is 0 Å². The second-order valence-electron chi connectivity index (χ2n) is 7.43. The standard InChI is InChI=1S/C23H32N2O2/c1-3-27-23-10-8-21(9-11-23)17-25-14-13-24(18-22(25)12-15-26)16-20-6-4-19(2)5-7-20/h4-11,22,26H,3,12-18H2,1-2H3/t22-/m1/s1. The summed E-state index contributed by atoms with van der Waals surface area (Å²) in [6.45, 7) is 10.1. The van der Waals surface area contributed by atoms with E-state index in [-0.39, 0.29) is 6.61 Å². The van der Waals surface area contributed by atoms with Crippen LogP contribution in [0.5, 0.6) is 5.75 Å². The Hall–Kier alpha value is -1.88. The van der Waals surface area contributed by atoms with Crippen molar-refractivity contribution < 1.29 is 9.84 Å². The van der Waals surface area contributed by atoms with E-state index in [2.05, 4.69) is 53.1 Å². The third-order valence-electron chi connectivity index (χ3n) is 5.30. The number of hydrogen-bond acceptors (Lipinski definition) is 4. The van der Waals surface area contributed by atoms with Crippen molar-refractivity contribution in [1.29, 1.82) is 0 Å². The van der Waals surface area contributed by atoms with Crippen LogP contribution in [0.2, 0.25) is 0 Å². The molecule has 1 aliphatic heterocycles. The van der Waals surface area contributed by atoms with Crippen LogP contribution in [0.15, 0.2) is 48.5 Å². The summed E-state index contributed by atoms with van der Waals surface area (Å²) >= 11 is 0. The largest absolute Gasteiger partial charge is 0.494 e. The molecule has 0 saturated carbocycles. The van der Waals surface area contributed by atoms with Crippen LogP contribution in [0.1, 0.15) is 30.0 Å². The molecule has 4 nitrogen and oxygen atoms in total. The van der Waals surface area contributed by atoms with Crippen LogP contribution in [0.25, 0.3) is 0 Å². The molecule has 0 spiro atoms. The van der Waals surface area contributed by atoms with Crippen LogP contribution in [0.4, 0.5) is 0 Å². The molecule has 0 amide bonds. The molecule has 0 aromatic heterocycles. The molecule has 27 heavy (non-hydrogen) atoms. The summed E-state index contributed by atoms with van der Waals surface area (Å²) in [5.41, 5.74) is 3.97. The van der Waals surface area contributed by atoms with Gasteiger partial charge < -0.3 is 9.84 Å². The summed E-state index contributed by atoms with van der Waals surface area (Å²) in [5.74, 6) is 0.927. The lowest BCUT2D eigenvalue weighted by molar-refractivity contribution is 0.0500. The topological polar surface area (TPSA) is 35.9 Å². The normalized spacial score (nSPS) is 18.6. The fourth-order valence-electron chi connectivity index (χ4n) is 3.78. The smallest absolute Gasteiger partial charge is 0.119 e. The van der Waals surface area contributed by atoms with Crippen LogP contribution in [-0.2, 0) is 13.1 Å². The number of rotatable bonds is 8. The molecule has 1 fully saturated rings. The Labute approximate surface area is 163 Å². The minimum atomic E-state index is 0.239. The van der Waals surface area contributed by atoms with E-state index in [1.165, 1.54) is 16.7 Å². The highest BCUT2D eigenvalue weighted by Crippen LogP contribution is 2.20. The predicted octanol–water partition coefficient (Wildman–Crippen LogP) is 3.46. The molecule has 0 radical (unpaired) electrons. The van der Waals surface area contributed by atoms with Crippen LogP contribution < -0.4 is 4.74 Å². The number of hydrogen-bond donors (Lipinski definition) is 1. The fraction of sp³-hybridized carbons (Fsp3) is 0.478. The van der Waals surface area contributed by atoms with Crippen molar-refractivity contribution in [1.82, 2.24) is 9.80 Å². The zero-order valence-electron chi connectivity index (χ0n) is 16.6. The maximum atomic E-state index is 9.54. The molecule has 1 saturated heterocycles.